The lowest BCUT2D eigenvalue weighted by Crippen LogP contribution is -1.89. The minimum absolute atomic E-state index is 0.512. The van der Waals surface area contributed by atoms with Crippen LogP contribution in [0.25, 0.3) is 0 Å². The van der Waals surface area contributed by atoms with Crippen LogP contribution in [-0.2, 0) is 0 Å². The predicted molar refractivity (Wildman–Crippen MR) is 70.0 cm³/mol. The van der Waals surface area contributed by atoms with Gasteiger partial charge in [0.2, 0.25) is 0 Å². The minimum atomic E-state index is 0.512. The Balaban J connectivity index is 2.28. The summed E-state index contributed by atoms with van der Waals surface area (Å²) in [4.78, 5) is 4.06. The zero-order valence-corrected chi connectivity index (χ0v) is 10.9. The van der Waals surface area contributed by atoms with Gasteiger partial charge in [-0.15, -0.1) is 0 Å². The molecule has 0 fully saturated rings. The number of halogens is 1. The van der Waals surface area contributed by atoms with Crippen molar-refractivity contribution in [1.82, 2.24) is 4.98 Å². The van der Waals surface area contributed by atoms with Crippen molar-refractivity contribution in [3.05, 3.63) is 52.3 Å². The number of aromatic nitrogens is 1. The van der Waals surface area contributed by atoms with E-state index in [0.29, 0.717) is 10.9 Å². The fourth-order valence-electron chi connectivity index (χ4n) is 1.72. The molecule has 0 bridgehead atoms. The van der Waals surface area contributed by atoms with Gasteiger partial charge < -0.3 is 4.74 Å². The van der Waals surface area contributed by atoms with Gasteiger partial charge >= 0.3 is 0 Å². The van der Waals surface area contributed by atoms with Crippen molar-refractivity contribution in [3.8, 4) is 11.5 Å². The molecule has 1 heterocycles. The second-order valence-corrected chi connectivity index (χ2v) is 4.56. The van der Waals surface area contributed by atoms with E-state index in [9.17, 15) is 0 Å². The zero-order valence-electron chi connectivity index (χ0n) is 10.1. The number of benzene rings is 1. The summed E-state index contributed by atoms with van der Waals surface area (Å²) < 4.78 is 5.75. The van der Waals surface area contributed by atoms with Crippen molar-refractivity contribution in [3.63, 3.8) is 0 Å². The SMILES string of the molecule is Cc1cc(C)cc(Oc2cnc(Cl)c(C)c2)c1. The van der Waals surface area contributed by atoms with Gasteiger partial charge in [-0.25, -0.2) is 4.98 Å². The van der Waals surface area contributed by atoms with Crippen LogP contribution in [0.15, 0.2) is 30.5 Å². The number of hydrogen-bond acceptors (Lipinski definition) is 2. The van der Waals surface area contributed by atoms with E-state index in [1.165, 1.54) is 11.1 Å². The Morgan fingerprint density at radius 1 is 0.941 bits per heavy atom. The summed E-state index contributed by atoms with van der Waals surface area (Å²) in [6.45, 7) is 6.00. The fraction of sp³-hybridized carbons (Fsp3) is 0.214. The second kappa shape index (κ2) is 4.76. The molecule has 2 aromatic rings. The van der Waals surface area contributed by atoms with Crippen LogP contribution in [0.2, 0.25) is 5.15 Å². The highest BCUT2D eigenvalue weighted by Gasteiger charge is 2.02. The fourth-order valence-corrected chi connectivity index (χ4v) is 1.82. The lowest BCUT2D eigenvalue weighted by Gasteiger charge is -2.08. The average molecular weight is 248 g/mol. The molecule has 0 unspecified atom stereocenters. The van der Waals surface area contributed by atoms with Crippen molar-refractivity contribution in [2.24, 2.45) is 0 Å². The van der Waals surface area contributed by atoms with Crippen LogP contribution in [0.4, 0.5) is 0 Å². The maximum Gasteiger partial charge on any atom is 0.146 e. The first kappa shape index (κ1) is 11.9. The lowest BCUT2D eigenvalue weighted by atomic mass is 10.1. The molecular weight excluding hydrogens is 234 g/mol. The van der Waals surface area contributed by atoms with Crippen LogP contribution in [0.3, 0.4) is 0 Å². The van der Waals surface area contributed by atoms with Gasteiger partial charge in [0.15, 0.2) is 0 Å². The monoisotopic (exact) mass is 247 g/mol. The maximum atomic E-state index is 5.87. The molecule has 0 spiro atoms. The number of rotatable bonds is 2. The molecule has 3 heteroatoms. The first-order valence-electron chi connectivity index (χ1n) is 5.43. The molecule has 0 N–H and O–H groups in total. The largest absolute Gasteiger partial charge is 0.456 e. The number of nitrogens with zero attached hydrogens (tertiary/aromatic N) is 1. The summed E-state index contributed by atoms with van der Waals surface area (Å²) >= 11 is 5.87. The molecule has 2 nitrogen and oxygen atoms in total. The molecule has 88 valence electrons. The normalized spacial score (nSPS) is 10.4. The molecule has 0 atom stereocenters. The molecule has 0 radical (unpaired) electrons. The average Bonchev–Trinajstić information content (AvgIpc) is 2.22. The van der Waals surface area contributed by atoms with Crippen LogP contribution < -0.4 is 4.74 Å². The van der Waals surface area contributed by atoms with Crippen LogP contribution in [0, 0.1) is 20.8 Å². The molecule has 1 aromatic heterocycles. The third-order valence-electron chi connectivity index (χ3n) is 2.42. The highest BCUT2D eigenvalue weighted by atomic mass is 35.5. The Morgan fingerprint density at radius 3 is 2.18 bits per heavy atom. The summed E-state index contributed by atoms with van der Waals surface area (Å²) in [6, 6.07) is 7.99. The highest BCUT2D eigenvalue weighted by Crippen LogP contribution is 2.25. The van der Waals surface area contributed by atoms with E-state index >= 15 is 0 Å². The molecule has 0 saturated carbocycles. The standard InChI is InChI=1S/C14H14ClNO/c1-9-4-10(2)6-12(5-9)17-13-7-11(3)14(15)16-8-13/h4-8H,1-3H3. The predicted octanol–water partition coefficient (Wildman–Crippen LogP) is 4.45. The van der Waals surface area contributed by atoms with Gasteiger partial charge in [-0.3, -0.25) is 0 Å². The van der Waals surface area contributed by atoms with Crippen molar-refractivity contribution in [1.29, 1.82) is 0 Å². The third-order valence-corrected chi connectivity index (χ3v) is 2.82. The summed E-state index contributed by atoms with van der Waals surface area (Å²) in [6.07, 6.45) is 1.63. The van der Waals surface area contributed by atoms with E-state index in [0.717, 1.165) is 11.3 Å². The lowest BCUT2D eigenvalue weighted by molar-refractivity contribution is 0.479. The van der Waals surface area contributed by atoms with Crippen LogP contribution >= 0.6 is 11.6 Å². The molecule has 0 aliphatic rings. The topological polar surface area (TPSA) is 22.1 Å². The first-order valence-corrected chi connectivity index (χ1v) is 5.81. The Kier molecular flexibility index (Phi) is 3.34. The zero-order chi connectivity index (χ0) is 12.4. The molecule has 0 aliphatic heterocycles. The second-order valence-electron chi connectivity index (χ2n) is 4.20. The maximum absolute atomic E-state index is 5.87. The number of hydrogen-bond donors (Lipinski definition) is 0. The van der Waals surface area contributed by atoms with Gasteiger partial charge in [0.25, 0.3) is 0 Å². The van der Waals surface area contributed by atoms with Gasteiger partial charge in [0, 0.05) is 0 Å². The highest BCUT2D eigenvalue weighted by molar-refractivity contribution is 6.30. The van der Waals surface area contributed by atoms with E-state index in [2.05, 4.69) is 11.1 Å². The smallest absolute Gasteiger partial charge is 0.146 e. The van der Waals surface area contributed by atoms with Crippen LogP contribution in [-0.4, -0.2) is 4.98 Å². The summed E-state index contributed by atoms with van der Waals surface area (Å²) in [5.74, 6) is 1.53. The van der Waals surface area contributed by atoms with E-state index in [-0.39, 0.29) is 0 Å². The van der Waals surface area contributed by atoms with E-state index in [4.69, 9.17) is 16.3 Å². The van der Waals surface area contributed by atoms with Crippen molar-refractivity contribution in [2.75, 3.05) is 0 Å². The van der Waals surface area contributed by atoms with Gasteiger partial charge in [0.05, 0.1) is 6.20 Å². The molecule has 0 amide bonds. The number of ether oxygens (including phenoxy) is 1. The van der Waals surface area contributed by atoms with Gasteiger partial charge in [-0.1, -0.05) is 17.7 Å². The van der Waals surface area contributed by atoms with Crippen LogP contribution in [0.5, 0.6) is 11.5 Å². The quantitative estimate of drug-likeness (QED) is 0.732. The summed E-state index contributed by atoms with van der Waals surface area (Å²) in [5.41, 5.74) is 3.27. The van der Waals surface area contributed by atoms with E-state index < -0.39 is 0 Å². The van der Waals surface area contributed by atoms with Gasteiger partial charge in [-0.05, 0) is 55.7 Å². The van der Waals surface area contributed by atoms with Crippen molar-refractivity contribution < 1.29 is 4.74 Å². The summed E-state index contributed by atoms with van der Waals surface area (Å²) in [5, 5.41) is 0.512. The molecular formula is C14H14ClNO. The number of pyridine rings is 1. The number of aryl methyl sites for hydroxylation is 3. The Hall–Kier alpha value is -1.54. The molecule has 1 aromatic carbocycles. The molecule has 2 rings (SSSR count). The van der Waals surface area contributed by atoms with Gasteiger partial charge in [0.1, 0.15) is 16.7 Å². The van der Waals surface area contributed by atoms with Crippen LogP contribution in [0.1, 0.15) is 16.7 Å². The Morgan fingerprint density at radius 2 is 1.59 bits per heavy atom. The Labute approximate surface area is 106 Å². The van der Waals surface area contributed by atoms with Crippen molar-refractivity contribution in [2.45, 2.75) is 20.8 Å². The molecule has 17 heavy (non-hydrogen) atoms. The first-order chi connectivity index (χ1) is 8.04. The molecule has 0 saturated heterocycles. The minimum Gasteiger partial charge on any atom is -0.456 e. The van der Waals surface area contributed by atoms with E-state index in [1.807, 2.05) is 39.0 Å². The summed E-state index contributed by atoms with van der Waals surface area (Å²) in [7, 11) is 0. The van der Waals surface area contributed by atoms with Crippen molar-refractivity contribution >= 4 is 11.6 Å². The van der Waals surface area contributed by atoms with Gasteiger partial charge in [-0.2, -0.15) is 0 Å². The Bertz CT molecular complexity index is 532. The van der Waals surface area contributed by atoms with E-state index in [1.54, 1.807) is 6.20 Å². The molecule has 0 aliphatic carbocycles. The third kappa shape index (κ3) is 2.98.